The Hall–Kier alpha value is -1.73. The molecule has 2 amide bonds. The van der Waals surface area contributed by atoms with Crippen molar-refractivity contribution in [2.45, 2.75) is 18.3 Å². The predicted octanol–water partition coefficient (Wildman–Crippen LogP) is 1.18. The first kappa shape index (κ1) is 13.7. The summed E-state index contributed by atoms with van der Waals surface area (Å²) in [7, 11) is 1.54. The van der Waals surface area contributed by atoms with E-state index in [4.69, 9.17) is 9.57 Å². The molecule has 0 radical (unpaired) electrons. The quantitative estimate of drug-likeness (QED) is 0.690. The van der Waals surface area contributed by atoms with Crippen molar-refractivity contribution in [1.29, 1.82) is 0 Å². The number of hydrogen-bond acceptors (Lipinski definition) is 5. The van der Waals surface area contributed by atoms with E-state index in [2.05, 4.69) is 21.1 Å². The van der Waals surface area contributed by atoms with Crippen molar-refractivity contribution < 1.29 is 19.2 Å². The molecule has 0 saturated carbocycles. The Morgan fingerprint density at radius 3 is 2.35 bits per heavy atom. The third-order valence-electron chi connectivity index (χ3n) is 5.40. The van der Waals surface area contributed by atoms with Gasteiger partial charge in [-0.05, 0) is 17.7 Å². The van der Waals surface area contributed by atoms with Gasteiger partial charge in [0.2, 0.25) is 11.8 Å². The first-order valence-electron chi connectivity index (χ1n) is 7.54. The van der Waals surface area contributed by atoms with Crippen LogP contribution >= 0.6 is 15.9 Å². The topological polar surface area (TPSA) is 68.2 Å². The summed E-state index contributed by atoms with van der Waals surface area (Å²) >= 11 is 3.42. The van der Waals surface area contributed by atoms with Crippen LogP contribution in [-0.2, 0) is 19.2 Å². The average Bonchev–Trinajstić information content (AvgIpc) is 3.26. The Labute approximate surface area is 140 Å². The molecule has 1 aromatic rings. The molecule has 4 heterocycles. The summed E-state index contributed by atoms with van der Waals surface area (Å²) in [6.07, 6.45) is -0.988. The van der Waals surface area contributed by atoms with Crippen LogP contribution in [0.4, 0.5) is 0 Å². The van der Waals surface area contributed by atoms with Gasteiger partial charge in [-0.1, -0.05) is 33.2 Å². The number of nitrogens with zero attached hydrogens (tertiary/aromatic N) is 2. The number of oxime groups is 1. The molecule has 0 aromatic heterocycles. The lowest BCUT2D eigenvalue weighted by Crippen LogP contribution is -2.45. The molecule has 118 valence electrons. The minimum Gasteiger partial charge on any atom is -0.389 e. The van der Waals surface area contributed by atoms with Crippen LogP contribution in [0.15, 0.2) is 33.9 Å². The highest BCUT2D eigenvalue weighted by Gasteiger charge is 2.71. The number of rotatable bonds is 1. The van der Waals surface area contributed by atoms with Crippen molar-refractivity contribution in [2.24, 2.45) is 22.9 Å². The van der Waals surface area contributed by atoms with Crippen LogP contribution in [0.1, 0.15) is 5.56 Å². The largest absolute Gasteiger partial charge is 0.389 e. The van der Waals surface area contributed by atoms with Crippen LogP contribution in [0.25, 0.3) is 0 Å². The van der Waals surface area contributed by atoms with Gasteiger partial charge in [0.15, 0.2) is 6.10 Å². The fourth-order valence-corrected chi connectivity index (χ4v) is 4.63. The third-order valence-corrected chi connectivity index (χ3v) is 5.93. The minimum absolute atomic E-state index is 0.0920. The van der Waals surface area contributed by atoms with E-state index in [1.54, 1.807) is 7.05 Å². The van der Waals surface area contributed by atoms with E-state index < -0.39 is 11.8 Å². The molecule has 6 nitrogen and oxygen atoms in total. The van der Waals surface area contributed by atoms with Crippen LogP contribution < -0.4 is 0 Å². The molecule has 3 fully saturated rings. The van der Waals surface area contributed by atoms with Crippen LogP contribution in [0.5, 0.6) is 0 Å². The van der Waals surface area contributed by atoms with E-state index >= 15 is 0 Å². The van der Waals surface area contributed by atoms with Gasteiger partial charge in [-0.25, -0.2) is 0 Å². The number of imide groups is 1. The molecule has 0 aliphatic carbocycles. The Balaban J connectivity index is 1.53. The summed E-state index contributed by atoms with van der Waals surface area (Å²) in [6, 6.07) is 7.82. The van der Waals surface area contributed by atoms with Crippen molar-refractivity contribution in [3.63, 3.8) is 0 Å². The molecule has 0 unspecified atom stereocenters. The second-order valence-electron chi connectivity index (χ2n) is 6.43. The molecule has 7 heteroatoms. The molecule has 4 aliphatic heterocycles. The normalized spacial score (nSPS) is 40.3. The Morgan fingerprint density at radius 1 is 1.00 bits per heavy atom. The number of fused-ring (bicyclic) bond motifs is 8. The lowest BCUT2D eigenvalue weighted by atomic mass is 9.71. The summed E-state index contributed by atoms with van der Waals surface area (Å²) in [5, 5.41) is 4.24. The summed E-state index contributed by atoms with van der Waals surface area (Å²) < 4.78 is 6.97. The minimum atomic E-state index is -0.418. The van der Waals surface area contributed by atoms with E-state index in [-0.39, 0.29) is 36.0 Å². The number of carbonyl (C=O) groups excluding carboxylic acids is 2. The lowest BCUT2D eigenvalue weighted by Gasteiger charge is -2.26. The van der Waals surface area contributed by atoms with E-state index in [1.165, 1.54) is 4.90 Å². The maximum Gasteiger partial charge on any atom is 0.235 e. The van der Waals surface area contributed by atoms with Gasteiger partial charge in [-0.15, -0.1) is 0 Å². The van der Waals surface area contributed by atoms with E-state index in [1.807, 2.05) is 24.3 Å². The molecule has 23 heavy (non-hydrogen) atoms. The molecule has 0 spiro atoms. The molecular formula is C16H13BrN2O4. The second kappa shape index (κ2) is 4.42. The maximum absolute atomic E-state index is 12.4. The molecule has 4 aliphatic rings. The van der Waals surface area contributed by atoms with Gasteiger partial charge in [0.1, 0.15) is 6.10 Å². The Kier molecular flexibility index (Phi) is 2.63. The zero-order valence-electron chi connectivity index (χ0n) is 12.2. The number of halogens is 1. The number of amides is 2. The smallest absolute Gasteiger partial charge is 0.235 e. The van der Waals surface area contributed by atoms with E-state index in [9.17, 15) is 9.59 Å². The highest BCUT2D eigenvalue weighted by molar-refractivity contribution is 9.10. The molecule has 5 rings (SSSR count). The molecule has 2 bridgehead atoms. The summed E-state index contributed by atoms with van der Waals surface area (Å²) in [6.45, 7) is 0. The van der Waals surface area contributed by atoms with Crippen LogP contribution in [0, 0.1) is 17.8 Å². The van der Waals surface area contributed by atoms with E-state index in [0.717, 1.165) is 15.7 Å². The average molecular weight is 377 g/mol. The number of ether oxygens (including phenoxy) is 1. The van der Waals surface area contributed by atoms with Crippen molar-refractivity contribution in [1.82, 2.24) is 4.90 Å². The molecule has 3 saturated heterocycles. The van der Waals surface area contributed by atoms with Gasteiger partial charge in [0.25, 0.3) is 0 Å². The third kappa shape index (κ3) is 1.59. The summed E-state index contributed by atoms with van der Waals surface area (Å²) in [4.78, 5) is 31.5. The van der Waals surface area contributed by atoms with Gasteiger partial charge < -0.3 is 9.57 Å². The number of likely N-dealkylation sites (tertiary alicyclic amines) is 1. The van der Waals surface area contributed by atoms with Gasteiger partial charge in [-0.3, -0.25) is 14.5 Å². The molecular weight excluding hydrogens is 364 g/mol. The highest BCUT2D eigenvalue weighted by atomic mass is 79.9. The monoisotopic (exact) mass is 376 g/mol. The number of hydrogen-bond donors (Lipinski definition) is 0. The Bertz CT molecular complexity index is 762. The first-order valence-corrected chi connectivity index (χ1v) is 8.34. The van der Waals surface area contributed by atoms with Crippen LogP contribution in [-0.4, -0.2) is 47.8 Å². The van der Waals surface area contributed by atoms with Gasteiger partial charge in [0, 0.05) is 11.5 Å². The van der Waals surface area contributed by atoms with Crippen molar-refractivity contribution in [2.75, 3.05) is 7.05 Å². The standard InChI is InChI=1S/C16H13BrN2O4/c1-19-15(20)8-9(16(19)21)13-14-10(12(8)22-13)11(18-23-14)6-2-4-7(17)5-3-6/h2-5,8-10,12-14H,1H3/t8-,9+,10+,12-,13-,14+/m1/s1. The summed E-state index contributed by atoms with van der Waals surface area (Å²) in [5.74, 6) is -1.22. The number of benzene rings is 1. The molecule has 6 atom stereocenters. The van der Waals surface area contributed by atoms with Gasteiger partial charge >= 0.3 is 0 Å². The van der Waals surface area contributed by atoms with Crippen molar-refractivity contribution in [3.8, 4) is 0 Å². The zero-order valence-corrected chi connectivity index (χ0v) is 13.8. The molecule has 1 aromatic carbocycles. The van der Waals surface area contributed by atoms with Gasteiger partial charge in [0.05, 0.1) is 29.6 Å². The van der Waals surface area contributed by atoms with Gasteiger partial charge in [-0.2, -0.15) is 0 Å². The van der Waals surface area contributed by atoms with Crippen molar-refractivity contribution >= 4 is 33.5 Å². The predicted molar refractivity (Wildman–Crippen MR) is 82.5 cm³/mol. The van der Waals surface area contributed by atoms with Crippen molar-refractivity contribution in [3.05, 3.63) is 34.3 Å². The SMILES string of the molecule is CN1C(=O)[C@@H]2[C@H]3O[C@@H]([C@@H]4C(c5ccc(Br)cc5)=NO[C@H]34)[C@@H]2C1=O. The van der Waals surface area contributed by atoms with E-state index in [0.29, 0.717) is 0 Å². The summed E-state index contributed by atoms with van der Waals surface area (Å²) in [5.41, 5.74) is 1.77. The highest BCUT2D eigenvalue weighted by Crippen LogP contribution is 2.54. The zero-order chi connectivity index (χ0) is 15.9. The fraction of sp³-hybridized carbons (Fsp3) is 0.438. The first-order chi connectivity index (χ1) is 11.1. The lowest BCUT2D eigenvalue weighted by molar-refractivity contribution is -0.141. The molecule has 0 N–H and O–H groups in total. The number of carbonyl (C=O) groups is 2. The fourth-order valence-electron chi connectivity index (χ4n) is 4.37. The second-order valence-corrected chi connectivity index (χ2v) is 7.35. The van der Waals surface area contributed by atoms with Crippen LogP contribution in [0.2, 0.25) is 0 Å². The Morgan fingerprint density at radius 2 is 1.65 bits per heavy atom. The van der Waals surface area contributed by atoms with Crippen LogP contribution in [0.3, 0.4) is 0 Å². The maximum atomic E-state index is 12.4.